The zero-order valence-corrected chi connectivity index (χ0v) is 15.1. The second kappa shape index (κ2) is 8.59. The molecule has 0 atom stereocenters. The van der Waals surface area contributed by atoms with Crippen LogP contribution in [0.25, 0.3) is 0 Å². The van der Waals surface area contributed by atoms with E-state index >= 15 is 0 Å². The van der Waals surface area contributed by atoms with Crippen molar-refractivity contribution in [2.75, 3.05) is 12.4 Å². The van der Waals surface area contributed by atoms with Gasteiger partial charge in [-0.05, 0) is 53.6 Å². The van der Waals surface area contributed by atoms with Crippen molar-refractivity contribution in [1.29, 1.82) is 0 Å². The van der Waals surface area contributed by atoms with Gasteiger partial charge in [-0.2, -0.15) is 0 Å². The molecule has 1 N–H and O–H groups in total. The molecule has 0 fully saturated rings. The highest BCUT2D eigenvalue weighted by Crippen LogP contribution is 2.29. The molecule has 0 aliphatic heterocycles. The van der Waals surface area contributed by atoms with E-state index in [1.165, 1.54) is 12.1 Å². The van der Waals surface area contributed by atoms with Crippen LogP contribution in [0.4, 0.5) is 10.1 Å². The fraction of sp³-hybridized carbons (Fsp3) is 0.143. The van der Waals surface area contributed by atoms with Gasteiger partial charge in [0.25, 0.3) is 0 Å². The van der Waals surface area contributed by atoms with Crippen LogP contribution in [0.5, 0.6) is 11.5 Å². The van der Waals surface area contributed by atoms with E-state index in [2.05, 4.69) is 5.32 Å². The first-order valence-corrected chi connectivity index (χ1v) is 8.55. The molecule has 0 radical (unpaired) electrons. The third kappa shape index (κ3) is 4.90. The van der Waals surface area contributed by atoms with Crippen molar-refractivity contribution in [3.63, 3.8) is 0 Å². The van der Waals surface area contributed by atoms with Crippen molar-refractivity contribution in [3.8, 4) is 11.5 Å². The molecule has 3 rings (SSSR count). The van der Waals surface area contributed by atoms with E-state index in [1.54, 1.807) is 19.2 Å². The Morgan fingerprint density at radius 3 is 2.42 bits per heavy atom. The van der Waals surface area contributed by atoms with Gasteiger partial charge >= 0.3 is 0 Å². The molecule has 0 spiro atoms. The maximum absolute atomic E-state index is 13.0. The van der Waals surface area contributed by atoms with Crippen LogP contribution < -0.4 is 14.8 Å². The van der Waals surface area contributed by atoms with Crippen molar-refractivity contribution in [2.45, 2.75) is 13.2 Å². The average Bonchev–Trinajstić information content (AvgIpc) is 2.66. The van der Waals surface area contributed by atoms with Gasteiger partial charge in [-0.1, -0.05) is 35.9 Å². The Labute approximate surface area is 157 Å². The van der Waals surface area contributed by atoms with Crippen LogP contribution in [-0.4, -0.2) is 7.11 Å². The minimum absolute atomic E-state index is 0.261. The maximum atomic E-state index is 13.0. The summed E-state index contributed by atoms with van der Waals surface area (Å²) in [5.74, 6) is 1.03. The highest BCUT2D eigenvalue weighted by molar-refractivity contribution is 6.30. The largest absolute Gasteiger partial charge is 0.493 e. The second-order valence-electron chi connectivity index (χ2n) is 5.76. The second-order valence-corrected chi connectivity index (χ2v) is 6.20. The van der Waals surface area contributed by atoms with E-state index in [0.29, 0.717) is 29.7 Å². The first kappa shape index (κ1) is 18.1. The van der Waals surface area contributed by atoms with E-state index in [1.807, 2.05) is 42.5 Å². The maximum Gasteiger partial charge on any atom is 0.161 e. The van der Waals surface area contributed by atoms with Crippen LogP contribution >= 0.6 is 11.6 Å². The lowest BCUT2D eigenvalue weighted by Crippen LogP contribution is -2.02. The highest BCUT2D eigenvalue weighted by Gasteiger charge is 2.07. The SMILES string of the molecule is COc1cc(CNc2cccc(Cl)c2)ccc1OCc1ccc(F)cc1. The van der Waals surface area contributed by atoms with Crippen molar-refractivity contribution in [3.05, 3.63) is 88.7 Å². The van der Waals surface area contributed by atoms with Crippen LogP contribution in [0.1, 0.15) is 11.1 Å². The van der Waals surface area contributed by atoms with E-state index in [4.69, 9.17) is 21.1 Å². The molecule has 5 heteroatoms. The summed E-state index contributed by atoms with van der Waals surface area (Å²) in [4.78, 5) is 0. The van der Waals surface area contributed by atoms with Crippen molar-refractivity contribution in [2.24, 2.45) is 0 Å². The molecular weight excluding hydrogens is 353 g/mol. The van der Waals surface area contributed by atoms with Crippen LogP contribution in [0.3, 0.4) is 0 Å². The molecule has 0 unspecified atom stereocenters. The summed E-state index contributed by atoms with van der Waals surface area (Å²) in [5.41, 5.74) is 2.89. The molecule has 0 aliphatic rings. The van der Waals surface area contributed by atoms with Gasteiger partial charge in [-0.3, -0.25) is 0 Å². The summed E-state index contributed by atoms with van der Waals surface area (Å²) < 4.78 is 24.2. The summed E-state index contributed by atoms with van der Waals surface area (Å²) in [5, 5.41) is 4.01. The van der Waals surface area contributed by atoms with Gasteiger partial charge in [0.05, 0.1) is 7.11 Å². The Balaban J connectivity index is 1.64. The number of ether oxygens (including phenoxy) is 2. The third-order valence-corrected chi connectivity index (χ3v) is 4.09. The van der Waals surface area contributed by atoms with E-state index < -0.39 is 0 Å². The first-order chi connectivity index (χ1) is 12.6. The van der Waals surface area contributed by atoms with E-state index in [9.17, 15) is 4.39 Å². The van der Waals surface area contributed by atoms with Gasteiger partial charge < -0.3 is 14.8 Å². The molecule has 0 amide bonds. The van der Waals surface area contributed by atoms with Crippen LogP contribution in [-0.2, 0) is 13.2 Å². The number of methoxy groups -OCH3 is 1. The zero-order valence-electron chi connectivity index (χ0n) is 14.3. The van der Waals surface area contributed by atoms with Crippen LogP contribution in [0.2, 0.25) is 5.02 Å². The molecule has 0 saturated carbocycles. The van der Waals surface area contributed by atoms with E-state index in [-0.39, 0.29) is 5.82 Å². The number of anilines is 1. The summed E-state index contributed by atoms with van der Waals surface area (Å²) in [6.07, 6.45) is 0. The van der Waals surface area contributed by atoms with Crippen molar-refractivity contribution >= 4 is 17.3 Å². The monoisotopic (exact) mass is 371 g/mol. The van der Waals surface area contributed by atoms with Crippen LogP contribution in [0.15, 0.2) is 66.7 Å². The number of hydrogen-bond donors (Lipinski definition) is 1. The Bertz CT molecular complexity index is 868. The zero-order chi connectivity index (χ0) is 18.4. The van der Waals surface area contributed by atoms with Gasteiger partial charge in [-0.15, -0.1) is 0 Å². The predicted octanol–water partition coefficient (Wildman–Crippen LogP) is 5.68. The van der Waals surface area contributed by atoms with Gasteiger partial charge in [0.1, 0.15) is 12.4 Å². The Morgan fingerprint density at radius 2 is 1.69 bits per heavy atom. The van der Waals surface area contributed by atoms with Gasteiger partial charge in [0, 0.05) is 17.3 Å². The molecule has 26 heavy (non-hydrogen) atoms. The molecule has 0 aromatic heterocycles. The fourth-order valence-electron chi connectivity index (χ4n) is 2.49. The number of hydrogen-bond acceptors (Lipinski definition) is 3. The lowest BCUT2D eigenvalue weighted by atomic mass is 10.2. The van der Waals surface area contributed by atoms with Crippen molar-refractivity contribution < 1.29 is 13.9 Å². The minimum Gasteiger partial charge on any atom is -0.493 e. The first-order valence-electron chi connectivity index (χ1n) is 8.17. The predicted molar refractivity (Wildman–Crippen MR) is 103 cm³/mol. The number of rotatable bonds is 7. The Hall–Kier alpha value is -2.72. The summed E-state index contributed by atoms with van der Waals surface area (Å²) in [6, 6.07) is 19.6. The molecule has 0 saturated heterocycles. The summed E-state index contributed by atoms with van der Waals surface area (Å²) in [7, 11) is 1.61. The average molecular weight is 372 g/mol. The molecule has 3 aromatic carbocycles. The molecular formula is C21H19ClFNO2. The topological polar surface area (TPSA) is 30.5 Å². The highest BCUT2D eigenvalue weighted by atomic mass is 35.5. The molecule has 3 nitrogen and oxygen atoms in total. The number of nitrogens with one attached hydrogen (secondary N) is 1. The molecule has 0 bridgehead atoms. The smallest absolute Gasteiger partial charge is 0.161 e. The lowest BCUT2D eigenvalue weighted by molar-refractivity contribution is 0.284. The number of benzene rings is 3. The van der Waals surface area contributed by atoms with Gasteiger partial charge in [0.2, 0.25) is 0 Å². The van der Waals surface area contributed by atoms with Gasteiger partial charge in [0.15, 0.2) is 11.5 Å². The summed E-state index contributed by atoms with van der Waals surface area (Å²) in [6.45, 7) is 0.978. The standard InChI is InChI=1S/C21H19ClFNO2/c1-25-21-11-16(13-24-19-4-2-3-17(22)12-19)7-10-20(21)26-14-15-5-8-18(23)9-6-15/h2-12,24H,13-14H2,1H3. The third-order valence-electron chi connectivity index (χ3n) is 3.86. The molecule has 0 aliphatic carbocycles. The number of halogens is 2. The fourth-order valence-corrected chi connectivity index (χ4v) is 2.68. The lowest BCUT2D eigenvalue weighted by Gasteiger charge is -2.13. The van der Waals surface area contributed by atoms with E-state index in [0.717, 1.165) is 16.8 Å². The molecule has 134 valence electrons. The van der Waals surface area contributed by atoms with Crippen LogP contribution in [0, 0.1) is 5.82 Å². The minimum atomic E-state index is -0.261. The normalized spacial score (nSPS) is 10.4. The van der Waals surface area contributed by atoms with Crippen molar-refractivity contribution in [1.82, 2.24) is 0 Å². The summed E-state index contributed by atoms with van der Waals surface area (Å²) >= 11 is 5.99. The quantitative estimate of drug-likeness (QED) is 0.579. The Kier molecular flexibility index (Phi) is 5.97. The molecule has 3 aromatic rings. The Morgan fingerprint density at radius 1 is 0.923 bits per heavy atom. The van der Waals surface area contributed by atoms with Gasteiger partial charge in [-0.25, -0.2) is 4.39 Å². The molecule has 0 heterocycles.